The molecule has 4 rings (SSSR count). The standard InChI is InChI=1S/C21H23N5O3S/c1-2-19-24-20(25-29-19)17-4-3-9-22-21(17)30-14-18(27)23-15-5-7-16(8-6-15)26-10-12-28-13-11-26/h3-9H,2,10-14H2,1H3,(H,23,27). The van der Waals surface area contributed by atoms with E-state index in [4.69, 9.17) is 9.26 Å². The third-order valence-corrected chi connectivity index (χ3v) is 5.66. The second-order valence-corrected chi connectivity index (χ2v) is 7.67. The number of carbonyl (C=O) groups excluding carboxylic acids is 1. The van der Waals surface area contributed by atoms with Crippen molar-refractivity contribution in [2.24, 2.45) is 0 Å². The molecule has 0 unspecified atom stereocenters. The minimum atomic E-state index is -0.0990. The number of aryl methyl sites for hydroxylation is 1. The van der Waals surface area contributed by atoms with Gasteiger partial charge in [0.15, 0.2) is 0 Å². The van der Waals surface area contributed by atoms with Crippen molar-refractivity contribution in [3.8, 4) is 11.4 Å². The monoisotopic (exact) mass is 425 g/mol. The van der Waals surface area contributed by atoms with Crippen LogP contribution in [0.1, 0.15) is 12.8 Å². The Labute approximate surface area is 179 Å². The van der Waals surface area contributed by atoms with Gasteiger partial charge >= 0.3 is 0 Å². The van der Waals surface area contributed by atoms with Crippen LogP contribution >= 0.6 is 11.8 Å². The molecular weight excluding hydrogens is 402 g/mol. The zero-order valence-electron chi connectivity index (χ0n) is 16.7. The molecule has 2 aromatic heterocycles. The summed E-state index contributed by atoms with van der Waals surface area (Å²) < 4.78 is 10.6. The molecule has 0 spiro atoms. The summed E-state index contributed by atoms with van der Waals surface area (Å²) in [5, 5.41) is 7.64. The Morgan fingerprint density at radius 1 is 1.20 bits per heavy atom. The Hall–Kier alpha value is -2.91. The Morgan fingerprint density at radius 3 is 2.73 bits per heavy atom. The molecule has 8 nitrogen and oxygen atoms in total. The lowest BCUT2D eigenvalue weighted by atomic mass is 10.2. The topological polar surface area (TPSA) is 93.4 Å². The molecule has 1 aromatic carbocycles. The van der Waals surface area contributed by atoms with E-state index in [9.17, 15) is 4.79 Å². The molecule has 1 aliphatic heterocycles. The van der Waals surface area contributed by atoms with Gasteiger partial charge in [-0.2, -0.15) is 4.98 Å². The fourth-order valence-electron chi connectivity index (χ4n) is 3.09. The molecule has 156 valence electrons. The zero-order chi connectivity index (χ0) is 20.8. The first-order valence-corrected chi connectivity index (χ1v) is 10.8. The van der Waals surface area contributed by atoms with Crippen LogP contribution in [-0.4, -0.2) is 53.1 Å². The quantitative estimate of drug-likeness (QED) is 0.577. The maximum absolute atomic E-state index is 12.4. The molecule has 0 atom stereocenters. The fourth-order valence-corrected chi connectivity index (χ4v) is 3.88. The van der Waals surface area contributed by atoms with E-state index in [-0.39, 0.29) is 11.7 Å². The maximum Gasteiger partial charge on any atom is 0.234 e. The zero-order valence-corrected chi connectivity index (χ0v) is 17.5. The van der Waals surface area contributed by atoms with Crippen molar-refractivity contribution < 1.29 is 14.1 Å². The van der Waals surface area contributed by atoms with Gasteiger partial charge in [-0.1, -0.05) is 23.8 Å². The average Bonchev–Trinajstić information content (AvgIpc) is 3.28. The molecule has 0 radical (unpaired) electrons. The first kappa shape index (κ1) is 20.4. The molecule has 0 saturated carbocycles. The van der Waals surface area contributed by atoms with E-state index in [2.05, 4.69) is 25.3 Å². The van der Waals surface area contributed by atoms with Crippen molar-refractivity contribution in [3.63, 3.8) is 0 Å². The van der Waals surface area contributed by atoms with Crippen LogP contribution in [0.15, 0.2) is 52.1 Å². The number of anilines is 2. The van der Waals surface area contributed by atoms with Crippen LogP contribution in [0.2, 0.25) is 0 Å². The van der Waals surface area contributed by atoms with Crippen LogP contribution in [0, 0.1) is 0 Å². The molecule has 9 heteroatoms. The number of pyridine rings is 1. The third-order valence-electron chi connectivity index (χ3n) is 4.65. The number of rotatable bonds is 7. The number of hydrogen-bond acceptors (Lipinski definition) is 8. The summed E-state index contributed by atoms with van der Waals surface area (Å²) in [6, 6.07) is 11.6. The minimum absolute atomic E-state index is 0.0990. The van der Waals surface area contributed by atoms with Gasteiger partial charge in [0.2, 0.25) is 17.6 Å². The van der Waals surface area contributed by atoms with Crippen LogP contribution in [0.4, 0.5) is 11.4 Å². The van der Waals surface area contributed by atoms with E-state index in [1.807, 2.05) is 43.3 Å². The van der Waals surface area contributed by atoms with E-state index < -0.39 is 0 Å². The predicted octanol–water partition coefficient (Wildman–Crippen LogP) is 3.26. The molecule has 0 aliphatic carbocycles. The summed E-state index contributed by atoms with van der Waals surface area (Å²) >= 11 is 1.35. The number of thioether (sulfide) groups is 1. The van der Waals surface area contributed by atoms with E-state index in [1.54, 1.807) is 6.20 Å². The van der Waals surface area contributed by atoms with Gasteiger partial charge in [0, 0.05) is 37.1 Å². The summed E-state index contributed by atoms with van der Waals surface area (Å²) in [5.41, 5.74) is 2.66. The number of aromatic nitrogens is 3. The molecule has 1 aliphatic rings. The SMILES string of the molecule is CCc1nc(-c2cccnc2SCC(=O)Nc2ccc(N3CCOCC3)cc2)no1. The van der Waals surface area contributed by atoms with Gasteiger partial charge in [0.05, 0.1) is 24.5 Å². The van der Waals surface area contributed by atoms with Crippen LogP contribution in [0.5, 0.6) is 0 Å². The first-order valence-electron chi connectivity index (χ1n) is 9.86. The van der Waals surface area contributed by atoms with Gasteiger partial charge in [-0.3, -0.25) is 4.79 Å². The number of amides is 1. The highest BCUT2D eigenvalue weighted by Gasteiger charge is 2.15. The summed E-state index contributed by atoms with van der Waals surface area (Å²) in [5.74, 6) is 1.19. The smallest absolute Gasteiger partial charge is 0.234 e. The van der Waals surface area contributed by atoms with Crippen LogP contribution < -0.4 is 10.2 Å². The second kappa shape index (κ2) is 9.73. The van der Waals surface area contributed by atoms with Crippen LogP contribution in [0.3, 0.4) is 0 Å². The van der Waals surface area contributed by atoms with Gasteiger partial charge in [-0.25, -0.2) is 4.98 Å². The van der Waals surface area contributed by atoms with E-state index in [0.717, 1.165) is 43.2 Å². The number of carbonyl (C=O) groups is 1. The molecule has 1 amide bonds. The Balaban J connectivity index is 1.35. The molecule has 1 saturated heterocycles. The third kappa shape index (κ3) is 4.98. The lowest BCUT2D eigenvalue weighted by molar-refractivity contribution is -0.113. The van der Waals surface area contributed by atoms with Gasteiger partial charge in [-0.05, 0) is 36.4 Å². The van der Waals surface area contributed by atoms with Crippen molar-refractivity contribution in [3.05, 3.63) is 48.5 Å². The lowest BCUT2D eigenvalue weighted by Gasteiger charge is -2.28. The minimum Gasteiger partial charge on any atom is -0.378 e. The van der Waals surface area contributed by atoms with Crippen molar-refractivity contribution in [2.45, 2.75) is 18.4 Å². The highest BCUT2D eigenvalue weighted by atomic mass is 32.2. The van der Waals surface area contributed by atoms with Gasteiger partial charge in [0.1, 0.15) is 5.03 Å². The maximum atomic E-state index is 12.4. The number of nitrogens with zero attached hydrogens (tertiary/aromatic N) is 4. The summed E-state index contributed by atoms with van der Waals surface area (Å²) in [6.07, 6.45) is 2.36. The Morgan fingerprint density at radius 2 is 2.00 bits per heavy atom. The largest absolute Gasteiger partial charge is 0.378 e. The van der Waals surface area contributed by atoms with E-state index in [1.165, 1.54) is 11.8 Å². The fraction of sp³-hybridized carbons (Fsp3) is 0.333. The molecular formula is C21H23N5O3S. The van der Waals surface area contributed by atoms with Crippen LogP contribution in [-0.2, 0) is 16.0 Å². The average molecular weight is 426 g/mol. The highest BCUT2D eigenvalue weighted by Crippen LogP contribution is 2.28. The highest BCUT2D eigenvalue weighted by molar-refractivity contribution is 8.00. The molecule has 30 heavy (non-hydrogen) atoms. The van der Waals surface area contributed by atoms with Crippen LogP contribution in [0.25, 0.3) is 11.4 Å². The number of nitrogens with one attached hydrogen (secondary N) is 1. The second-order valence-electron chi connectivity index (χ2n) is 6.70. The van der Waals surface area contributed by atoms with Crippen molar-refractivity contribution in [2.75, 3.05) is 42.3 Å². The predicted molar refractivity (Wildman–Crippen MR) is 116 cm³/mol. The summed E-state index contributed by atoms with van der Waals surface area (Å²) in [4.78, 5) is 23.4. The lowest BCUT2D eigenvalue weighted by Crippen LogP contribution is -2.36. The first-order chi connectivity index (χ1) is 14.7. The number of ether oxygens (including phenoxy) is 1. The van der Waals surface area contributed by atoms with E-state index in [0.29, 0.717) is 23.2 Å². The van der Waals surface area contributed by atoms with Gasteiger partial charge in [0.25, 0.3) is 0 Å². The Kier molecular flexibility index (Phi) is 6.60. The van der Waals surface area contributed by atoms with Crippen molar-refractivity contribution in [1.82, 2.24) is 15.1 Å². The number of hydrogen-bond donors (Lipinski definition) is 1. The van der Waals surface area contributed by atoms with E-state index >= 15 is 0 Å². The molecule has 3 heterocycles. The normalized spacial score (nSPS) is 14.0. The molecule has 0 bridgehead atoms. The van der Waals surface area contributed by atoms with Crippen molar-refractivity contribution >= 4 is 29.0 Å². The van der Waals surface area contributed by atoms with Gasteiger partial charge < -0.3 is 19.5 Å². The molecule has 3 aromatic rings. The number of morpholine rings is 1. The molecule has 1 N–H and O–H groups in total. The van der Waals surface area contributed by atoms with Crippen molar-refractivity contribution in [1.29, 1.82) is 0 Å². The van der Waals surface area contributed by atoms with Gasteiger partial charge in [-0.15, -0.1) is 0 Å². The molecule has 1 fully saturated rings. The summed E-state index contributed by atoms with van der Waals surface area (Å²) in [6.45, 7) is 5.21. The summed E-state index contributed by atoms with van der Waals surface area (Å²) in [7, 11) is 0. The Bertz CT molecular complexity index is 986. The number of benzene rings is 1.